The molecule has 13 heteroatoms. The van der Waals surface area contributed by atoms with Gasteiger partial charge in [-0.2, -0.15) is 13.2 Å². The number of nitrogens with one attached hydrogen (secondary N) is 1. The predicted molar refractivity (Wildman–Crippen MR) is 154 cm³/mol. The van der Waals surface area contributed by atoms with Gasteiger partial charge in [0.1, 0.15) is 22.5 Å². The third kappa shape index (κ3) is 7.26. The molecule has 3 atom stereocenters. The van der Waals surface area contributed by atoms with Crippen LogP contribution < -0.4 is 10.1 Å². The quantitative estimate of drug-likeness (QED) is 0.327. The van der Waals surface area contributed by atoms with E-state index in [4.69, 9.17) is 9.47 Å². The first-order valence-electron chi connectivity index (χ1n) is 14.1. The van der Waals surface area contributed by atoms with Crippen molar-refractivity contribution in [2.24, 2.45) is 0 Å². The fourth-order valence-electron chi connectivity index (χ4n) is 5.51. The number of thiazole rings is 1. The molecule has 3 aromatic rings. The molecule has 2 saturated heterocycles. The van der Waals surface area contributed by atoms with E-state index in [1.807, 2.05) is 38.7 Å². The third-order valence-corrected chi connectivity index (χ3v) is 8.37. The van der Waals surface area contributed by atoms with Gasteiger partial charge < -0.3 is 19.7 Å². The number of hydrogen-bond acceptors (Lipinski definition) is 8. The summed E-state index contributed by atoms with van der Waals surface area (Å²) < 4.78 is 50.7. The van der Waals surface area contributed by atoms with E-state index in [0.717, 1.165) is 35.1 Å². The molecule has 1 N–H and O–H groups in total. The van der Waals surface area contributed by atoms with Gasteiger partial charge in [-0.25, -0.2) is 19.7 Å². The summed E-state index contributed by atoms with van der Waals surface area (Å²) in [6.45, 7) is 9.14. The number of benzene rings is 1. The van der Waals surface area contributed by atoms with Crippen molar-refractivity contribution in [3.8, 4) is 16.3 Å². The largest absolute Gasteiger partial charge is 0.490 e. The number of fused-ring (bicyclic) bond motifs is 2. The Balaban J connectivity index is 1.34. The lowest BCUT2D eigenvalue weighted by molar-refractivity contribution is -0.145. The van der Waals surface area contributed by atoms with E-state index in [2.05, 4.69) is 20.3 Å². The Bertz CT molecular complexity index is 1470. The molecule has 2 fully saturated rings. The summed E-state index contributed by atoms with van der Waals surface area (Å²) in [6.07, 6.45) is 1.79. The first kappa shape index (κ1) is 30.7. The molecule has 9 nitrogen and oxygen atoms in total. The van der Waals surface area contributed by atoms with Crippen molar-refractivity contribution < 1.29 is 32.2 Å². The maximum atomic E-state index is 13.4. The van der Waals surface area contributed by atoms with Crippen molar-refractivity contribution in [1.29, 1.82) is 0 Å². The van der Waals surface area contributed by atoms with Gasteiger partial charge in [0.25, 0.3) is 5.91 Å². The van der Waals surface area contributed by atoms with E-state index < -0.39 is 29.6 Å². The lowest BCUT2D eigenvalue weighted by Gasteiger charge is -2.39. The Morgan fingerprint density at radius 2 is 1.67 bits per heavy atom. The number of nitrogens with zero attached hydrogens (tertiary/aromatic N) is 4. The number of amides is 2. The average molecular weight is 618 g/mol. The van der Waals surface area contributed by atoms with E-state index in [1.165, 1.54) is 11.3 Å². The van der Waals surface area contributed by atoms with E-state index in [-0.39, 0.29) is 24.3 Å². The first-order chi connectivity index (χ1) is 20.2. The van der Waals surface area contributed by atoms with Gasteiger partial charge in [0, 0.05) is 65.1 Å². The molecule has 5 rings (SSSR count). The van der Waals surface area contributed by atoms with Crippen LogP contribution in [0.3, 0.4) is 0 Å². The zero-order valence-electron chi connectivity index (χ0n) is 24.6. The highest BCUT2D eigenvalue weighted by atomic mass is 32.1. The van der Waals surface area contributed by atoms with Crippen LogP contribution in [-0.2, 0) is 10.9 Å². The number of hydrogen-bond donors (Lipinski definition) is 1. The number of rotatable bonds is 6. The van der Waals surface area contributed by atoms with Gasteiger partial charge in [-0.3, -0.25) is 4.79 Å². The van der Waals surface area contributed by atoms with Crippen LogP contribution in [0, 0.1) is 6.92 Å². The second-order valence-corrected chi connectivity index (χ2v) is 13.3. The van der Waals surface area contributed by atoms with Gasteiger partial charge in [0.15, 0.2) is 0 Å². The van der Waals surface area contributed by atoms with Gasteiger partial charge in [0.2, 0.25) is 5.82 Å². The van der Waals surface area contributed by atoms with Crippen LogP contribution in [0.4, 0.5) is 18.0 Å². The lowest BCUT2D eigenvalue weighted by atomic mass is 10.00. The summed E-state index contributed by atoms with van der Waals surface area (Å²) >= 11 is 1.48. The van der Waals surface area contributed by atoms with Crippen LogP contribution in [0.2, 0.25) is 0 Å². The third-order valence-electron chi connectivity index (χ3n) is 7.41. The Labute approximate surface area is 251 Å². The molecule has 2 unspecified atom stereocenters. The normalized spacial score (nSPS) is 20.9. The van der Waals surface area contributed by atoms with Crippen LogP contribution in [-0.4, -0.2) is 55.6 Å². The Morgan fingerprint density at radius 3 is 2.23 bits per heavy atom. The second kappa shape index (κ2) is 11.7. The standard InChI is InChI=1S/C30H34F3N5O4S/c1-16-13-34-26(43-16)19-8-18(25(39)37-17(2)20-14-35-27(36-15-20)30(31,32)33)9-23(10-19)41-24-11-21-6-7-22(12-24)38(21)28(40)42-29(3,4)5/h8-10,13-15,17,21-22,24H,6-7,11-12H2,1-5H3,(H,37,39)/t17-,21?,22?,24?/m1/s1. The van der Waals surface area contributed by atoms with Crippen LogP contribution in [0.25, 0.3) is 10.6 Å². The lowest BCUT2D eigenvalue weighted by Crippen LogP contribution is -2.50. The van der Waals surface area contributed by atoms with Crippen molar-refractivity contribution in [2.45, 2.75) is 96.3 Å². The van der Waals surface area contributed by atoms with Gasteiger partial charge in [-0.05, 0) is 65.7 Å². The summed E-state index contributed by atoms with van der Waals surface area (Å²) in [6, 6.07) is 4.58. The summed E-state index contributed by atoms with van der Waals surface area (Å²) in [7, 11) is 0. The number of halogens is 3. The molecule has 43 heavy (non-hydrogen) atoms. The number of aryl methyl sites for hydroxylation is 1. The maximum absolute atomic E-state index is 13.4. The zero-order valence-corrected chi connectivity index (χ0v) is 25.4. The number of carbonyl (C=O) groups is 2. The molecule has 2 amide bonds. The fraction of sp³-hybridized carbons (Fsp3) is 0.500. The average Bonchev–Trinajstić information content (AvgIpc) is 3.47. The fourth-order valence-corrected chi connectivity index (χ4v) is 6.26. The van der Waals surface area contributed by atoms with Crippen molar-refractivity contribution in [3.63, 3.8) is 0 Å². The van der Waals surface area contributed by atoms with Gasteiger partial charge in [0.05, 0.1) is 6.04 Å². The van der Waals surface area contributed by atoms with E-state index >= 15 is 0 Å². The van der Waals surface area contributed by atoms with Crippen LogP contribution in [0.1, 0.15) is 86.0 Å². The van der Waals surface area contributed by atoms with Gasteiger partial charge >= 0.3 is 12.3 Å². The molecule has 0 aliphatic carbocycles. The van der Waals surface area contributed by atoms with Gasteiger partial charge in [-0.1, -0.05) is 0 Å². The number of alkyl halides is 3. The number of piperidine rings is 1. The number of carbonyl (C=O) groups excluding carboxylic acids is 2. The summed E-state index contributed by atoms with van der Waals surface area (Å²) in [5, 5.41) is 3.54. The minimum absolute atomic E-state index is 0.0120. The predicted octanol–water partition coefficient (Wildman–Crippen LogP) is 6.73. The van der Waals surface area contributed by atoms with E-state index in [0.29, 0.717) is 35.3 Å². The minimum Gasteiger partial charge on any atom is -0.490 e. The van der Waals surface area contributed by atoms with Crippen molar-refractivity contribution in [1.82, 2.24) is 25.2 Å². The molecule has 2 bridgehead atoms. The molecular weight excluding hydrogens is 583 g/mol. The van der Waals surface area contributed by atoms with Crippen molar-refractivity contribution >= 4 is 23.3 Å². The van der Waals surface area contributed by atoms with E-state index in [1.54, 1.807) is 25.3 Å². The van der Waals surface area contributed by atoms with Crippen LogP contribution >= 0.6 is 11.3 Å². The number of ether oxygens (including phenoxy) is 2. The highest BCUT2D eigenvalue weighted by Crippen LogP contribution is 2.39. The molecule has 0 radical (unpaired) electrons. The Hall–Kier alpha value is -3.74. The SMILES string of the molecule is Cc1cnc(-c2cc(OC3CC4CCC(C3)N4C(=O)OC(C)(C)C)cc(C(=O)N[C@H](C)c3cnc(C(F)(F)F)nc3)c2)s1. The Kier molecular flexibility index (Phi) is 8.39. The zero-order chi connectivity index (χ0) is 31.1. The highest BCUT2D eigenvalue weighted by Gasteiger charge is 2.45. The summed E-state index contributed by atoms with van der Waals surface area (Å²) in [5.74, 6) is -1.18. The summed E-state index contributed by atoms with van der Waals surface area (Å²) in [4.78, 5) is 40.4. The van der Waals surface area contributed by atoms with Crippen molar-refractivity contribution in [2.75, 3.05) is 0 Å². The highest BCUT2D eigenvalue weighted by molar-refractivity contribution is 7.14. The topological polar surface area (TPSA) is 107 Å². The maximum Gasteiger partial charge on any atom is 0.451 e. The Morgan fingerprint density at radius 1 is 1.02 bits per heavy atom. The van der Waals surface area contributed by atoms with Crippen LogP contribution in [0.5, 0.6) is 5.75 Å². The molecule has 0 spiro atoms. The van der Waals surface area contributed by atoms with E-state index in [9.17, 15) is 22.8 Å². The number of aromatic nitrogens is 3. The van der Waals surface area contributed by atoms with Crippen molar-refractivity contribution in [3.05, 3.63) is 58.6 Å². The molecule has 1 aromatic carbocycles. The molecule has 2 aliphatic rings. The smallest absolute Gasteiger partial charge is 0.451 e. The first-order valence-corrected chi connectivity index (χ1v) is 14.9. The molecule has 4 heterocycles. The molecular formula is C30H34F3N5O4S. The van der Waals surface area contributed by atoms with Crippen LogP contribution in [0.15, 0.2) is 36.8 Å². The molecule has 0 saturated carbocycles. The summed E-state index contributed by atoms with van der Waals surface area (Å²) in [5.41, 5.74) is 0.776. The monoisotopic (exact) mass is 617 g/mol. The second-order valence-electron chi connectivity index (χ2n) is 12.0. The molecule has 2 aromatic heterocycles. The molecule has 230 valence electrons. The molecule has 2 aliphatic heterocycles. The van der Waals surface area contributed by atoms with Gasteiger partial charge in [-0.15, -0.1) is 11.3 Å². The minimum atomic E-state index is -4.65.